The molecule has 0 fully saturated rings. The number of aromatic nitrogens is 1. The van der Waals surface area contributed by atoms with Crippen LogP contribution in [0.4, 0.5) is 17.3 Å². The maximum atomic E-state index is 4.53. The molecular weight excluding hydrogens is 302 g/mol. The van der Waals surface area contributed by atoms with Crippen LogP contribution in [0.3, 0.4) is 0 Å². The predicted octanol–water partition coefficient (Wildman–Crippen LogP) is 4.72. The van der Waals surface area contributed by atoms with E-state index in [1.165, 1.54) is 5.56 Å². The summed E-state index contributed by atoms with van der Waals surface area (Å²) in [5.74, 6) is 1.74. The van der Waals surface area contributed by atoms with Crippen LogP contribution >= 0.6 is 15.9 Å². The maximum Gasteiger partial charge on any atom is 0.132 e. The van der Waals surface area contributed by atoms with Crippen molar-refractivity contribution in [1.82, 2.24) is 4.98 Å². The highest BCUT2D eigenvalue weighted by atomic mass is 79.9. The number of hydrogen-bond donors (Lipinski definition) is 2. The molecule has 0 aliphatic rings. The predicted molar refractivity (Wildman–Crippen MR) is 85.2 cm³/mol. The lowest BCUT2D eigenvalue weighted by Gasteiger charge is -2.10. The molecule has 1 heterocycles. The lowest BCUT2D eigenvalue weighted by Crippen LogP contribution is -2.03. The molecule has 0 atom stereocenters. The van der Waals surface area contributed by atoms with Gasteiger partial charge in [-0.3, -0.25) is 0 Å². The SMILES string of the molecule is CCCNc1cccc(Nc2ccc(C)cc2Br)n1. The molecular formula is C15H18BrN3. The monoisotopic (exact) mass is 319 g/mol. The van der Waals surface area contributed by atoms with Crippen LogP contribution in [0, 0.1) is 6.92 Å². The molecule has 0 aliphatic carbocycles. The van der Waals surface area contributed by atoms with Crippen LogP contribution in [-0.2, 0) is 0 Å². The van der Waals surface area contributed by atoms with E-state index in [-0.39, 0.29) is 0 Å². The minimum atomic E-state index is 0.839. The van der Waals surface area contributed by atoms with Crippen molar-refractivity contribution in [3.63, 3.8) is 0 Å². The Bertz CT molecular complexity index is 555. The summed E-state index contributed by atoms with van der Waals surface area (Å²) in [7, 11) is 0. The normalized spacial score (nSPS) is 10.3. The van der Waals surface area contributed by atoms with Crippen molar-refractivity contribution in [1.29, 1.82) is 0 Å². The lowest BCUT2D eigenvalue weighted by molar-refractivity contribution is 0.970. The van der Waals surface area contributed by atoms with Gasteiger partial charge in [0.05, 0.1) is 5.69 Å². The summed E-state index contributed by atoms with van der Waals surface area (Å²) in [6, 6.07) is 12.1. The van der Waals surface area contributed by atoms with Gasteiger partial charge in [0.2, 0.25) is 0 Å². The minimum absolute atomic E-state index is 0.839. The smallest absolute Gasteiger partial charge is 0.132 e. The summed E-state index contributed by atoms with van der Waals surface area (Å²) in [5, 5.41) is 6.60. The van der Waals surface area contributed by atoms with Crippen molar-refractivity contribution in [2.24, 2.45) is 0 Å². The minimum Gasteiger partial charge on any atom is -0.370 e. The number of anilines is 3. The topological polar surface area (TPSA) is 37.0 Å². The van der Waals surface area contributed by atoms with Gasteiger partial charge in [0.1, 0.15) is 11.6 Å². The Morgan fingerprint density at radius 1 is 1.16 bits per heavy atom. The third-order valence-corrected chi connectivity index (χ3v) is 3.35. The van der Waals surface area contributed by atoms with Crippen LogP contribution in [0.25, 0.3) is 0 Å². The fourth-order valence-corrected chi connectivity index (χ4v) is 2.31. The Balaban J connectivity index is 2.14. The van der Waals surface area contributed by atoms with Crippen molar-refractivity contribution >= 4 is 33.3 Å². The Morgan fingerprint density at radius 2 is 1.95 bits per heavy atom. The number of rotatable bonds is 5. The number of pyridine rings is 1. The van der Waals surface area contributed by atoms with Gasteiger partial charge < -0.3 is 10.6 Å². The van der Waals surface area contributed by atoms with E-state index in [0.29, 0.717) is 0 Å². The molecule has 1 aromatic carbocycles. The standard InChI is InChI=1S/C15H18BrN3/c1-3-9-17-14-5-4-6-15(19-14)18-13-8-7-11(2)10-12(13)16/h4-8,10H,3,9H2,1-2H3,(H2,17,18,19). The molecule has 4 heteroatoms. The van der Waals surface area contributed by atoms with Crippen molar-refractivity contribution in [2.75, 3.05) is 17.2 Å². The average molecular weight is 320 g/mol. The first-order valence-corrected chi connectivity index (χ1v) is 7.22. The number of hydrogen-bond acceptors (Lipinski definition) is 3. The average Bonchev–Trinajstić information content (AvgIpc) is 2.40. The highest BCUT2D eigenvalue weighted by Gasteiger charge is 2.02. The van der Waals surface area contributed by atoms with Crippen molar-refractivity contribution < 1.29 is 0 Å². The van der Waals surface area contributed by atoms with Crippen molar-refractivity contribution in [3.8, 4) is 0 Å². The summed E-state index contributed by atoms with van der Waals surface area (Å²) in [6.07, 6.45) is 1.09. The first kappa shape index (κ1) is 13.9. The summed E-state index contributed by atoms with van der Waals surface area (Å²) >= 11 is 3.56. The zero-order valence-corrected chi connectivity index (χ0v) is 12.8. The van der Waals surface area contributed by atoms with Crippen LogP contribution in [0.15, 0.2) is 40.9 Å². The molecule has 0 saturated carbocycles. The van der Waals surface area contributed by atoms with E-state index >= 15 is 0 Å². The van der Waals surface area contributed by atoms with Crippen molar-refractivity contribution in [2.45, 2.75) is 20.3 Å². The van der Waals surface area contributed by atoms with Gasteiger partial charge in [0, 0.05) is 11.0 Å². The maximum absolute atomic E-state index is 4.53. The third kappa shape index (κ3) is 3.96. The van der Waals surface area contributed by atoms with Gasteiger partial charge in [0.25, 0.3) is 0 Å². The molecule has 0 amide bonds. The van der Waals surface area contributed by atoms with Gasteiger partial charge in [-0.25, -0.2) is 4.98 Å². The number of aryl methyl sites for hydroxylation is 1. The van der Waals surface area contributed by atoms with E-state index < -0.39 is 0 Å². The molecule has 100 valence electrons. The van der Waals surface area contributed by atoms with Gasteiger partial charge in [-0.1, -0.05) is 19.1 Å². The summed E-state index contributed by atoms with van der Waals surface area (Å²) < 4.78 is 1.04. The summed E-state index contributed by atoms with van der Waals surface area (Å²) in [4.78, 5) is 4.53. The molecule has 2 rings (SSSR count). The Morgan fingerprint density at radius 3 is 2.68 bits per heavy atom. The number of nitrogens with zero attached hydrogens (tertiary/aromatic N) is 1. The third-order valence-electron chi connectivity index (χ3n) is 2.69. The Kier molecular flexibility index (Phi) is 4.80. The van der Waals surface area contributed by atoms with E-state index in [9.17, 15) is 0 Å². The lowest BCUT2D eigenvalue weighted by atomic mass is 10.2. The molecule has 2 aromatic rings. The van der Waals surface area contributed by atoms with Crippen LogP contribution in [0.2, 0.25) is 0 Å². The number of nitrogens with one attached hydrogen (secondary N) is 2. The van der Waals surface area contributed by atoms with E-state index in [1.807, 2.05) is 24.3 Å². The van der Waals surface area contributed by atoms with Crippen LogP contribution in [0.1, 0.15) is 18.9 Å². The van der Waals surface area contributed by atoms with E-state index in [2.05, 4.69) is 57.5 Å². The molecule has 0 bridgehead atoms. The van der Waals surface area contributed by atoms with Gasteiger partial charge >= 0.3 is 0 Å². The van der Waals surface area contributed by atoms with Gasteiger partial charge in [-0.15, -0.1) is 0 Å². The van der Waals surface area contributed by atoms with Crippen molar-refractivity contribution in [3.05, 3.63) is 46.4 Å². The highest BCUT2D eigenvalue weighted by Crippen LogP contribution is 2.26. The van der Waals surface area contributed by atoms with E-state index in [1.54, 1.807) is 0 Å². The molecule has 0 radical (unpaired) electrons. The van der Waals surface area contributed by atoms with Gasteiger partial charge in [-0.2, -0.15) is 0 Å². The van der Waals surface area contributed by atoms with E-state index in [4.69, 9.17) is 0 Å². The molecule has 0 aliphatic heterocycles. The quantitative estimate of drug-likeness (QED) is 0.837. The Labute approximate surface area is 122 Å². The van der Waals surface area contributed by atoms with Gasteiger partial charge in [0.15, 0.2) is 0 Å². The van der Waals surface area contributed by atoms with Gasteiger partial charge in [-0.05, 0) is 59.1 Å². The Hall–Kier alpha value is -1.55. The first-order chi connectivity index (χ1) is 9.19. The summed E-state index contributed by atoms with van der Waals surface area (Å²) in [6.45, 7) is 5.14. The van der Waals surface area contributed by atoms with E-state index in [0.717, 1.165) is 34.8 Å². The molecule has 19 heavy (non-hydrogen) atoms. The molecule has 1 aromatic heterocycles. The second-order valence-corrected chi connectivity index (χ2v) is 5.30. The van der Waals surface area contributed by atoms with Crippen LogP contribution < -0.4 is 10.6 Å². The van der Waals surface area contributed by atoms with Crippen LogP contribution in [-0.4, -0.2) is 11.5 Å². The molecule has 0 unspecified atom stereocenters. The second kappa shape index (κ2) is 6.57. The summed E-state index contributed by atoms with van der Waals surface area (Å²) in [5.41, 5.74) is 2.24. The molecule has 3 nitrogen and oxygen atoms in total. The fourth-order valence-electron chi connectivity index (χ4n) is 1.72. The second-order valence-electron chi connectivity index (χ2n) is 4.44. The zero-order chi connectivity index (χ0) is 13.7. The molecule has 2 N–H and O–H groups in total. The molecule has 0 saturated heterocycles. The van der Waals surface area contributed by atoms with Crippen LogP contribution in [0.5, 0.6) is 0 Å². The highest BCUT2D eigenvalue weighted by molar-refractivity contribution is 9.10. The largest absolute Gasteiger partial charge is 0.370 e. The number of halogens is 1. The zero-order valence-electron chi connectivity index (χ0n) is 11.2. The first-order valence-electron chi connectivity index (χ1n) is 6.43. The molecule has 0 spiro atoms. The number of benzene rings is 1. The fraction of sp³-hybridized carbons (Fsp3) is 0.267.